The van der Waals surface area contributed by atoms with Gasteiger partial charge in [0.1, 0.15) is 0 Å². The van der Waals surface area contributed by atoms with E-state index >= 15 is 0 Å². The minimum atomic E-state index is -0.152. The van der Waals surface area contributed by atoms with Crippen LogP contribution in [0.1, 0.15) is 30.4 Å². The van der Waals surface area contributed by atoms with Crippen LogP contribution in [0.3, 0.4) is 0 Å². The van der Waals surface area contributed by atoms with Crippen molar-refractivity contribution in [2.24, 2.45) is 0 Å². The Bertz CT molecular complexity index is 534. The van der Waals surface area contributed by atoms with Gasteiger partial charge in [-0.25, -0.2) is 4.79 Å². The zero-order valence-corrected chi connectivity index (χ0v) is 11.9. The smallest absolute Gasteiger partial charge is 0.336 e. The Morgan fingerprint density at radius 3 is 2.70 bits per heavy atom. The van der Waals surface area contributed by atoms with Crippen molar-refractivity contribution in [3.63, 3.8) is 0 Å². The molecule has 1 amide bonds. The van der Waals surface area contributed by atoms with Gasteiger partial charge >= 0.3 is 6.03 Å². The van der Waals surface area contributed by atoms with Crippen LogP contribution in [0.5, 0.6) is 0 Å². The van der Waals surface area contributed by atoms with Gasteiger partial charge in [0.2, 0.25) is 0 Å². The van der Waals surface area contributed by atoms with Crippen molar-refractivity contribution in [3.8, 4) is 0 Å². The number of unbranched alkanes of at least 4 members (excludes halogenated alkanes) is 2. The molecule has 4 heteroatoms. The van der Waals surface area contributed by atoms with E-state index in [1.807, 2.05) is 13.0 Å². The molecule has 0 bridgehead atoms. The molecule has 1 N–H and O–H groups in total. The molecule has 0 fully saturated rings. The van der Waals surface area contributed by atoms with Gasteiger partial charge in [-0.3, -0.25) is 0 Å². The van der Waals surface area contributed by atoms with Crippen molar-refractivity contribution in [1.82, 2.24) is 15.1 Å². The highest BCUT2D eigenvalue weighted by Gasteiger charge is 2.03. The summed E-state index contributed by atoms with van der Waals surface area (Å²) in [6.07, 6.45) is 7.78. The number of aromatic nitrogens is 2. The Morgan fingerprint density at radius 2 is 2.00 bits per heavy atom. The molecule has 0 aliphatic carbocycles. The number of rotatable bonds is 6. The first-order valence-electron chi connectivity index (χ1n) is 7.09. The van der Waals surface area contributed by atoms with E-state index < -0.39 is 0 Å². The zero-order valence-electron chi connectivity index (χ0n) is 11.9. The summed E-state index contributed by atoms with van der Waals surface area (Å²) in [6, 6.07) is 10.3. The van der Waals surface area contributed by atoms with Crippen LogP contribution in [0.4, 0.5) is 4.79 Å². The Morgan fingerprint density at radius 1 is 1.20 bits per heavy atom. The van der Waals surface area contributed by atoms with Crippen LogP contribution >= 0.6 is 0 Å². The molecule has 1 heterocycles. The first-order chi connectivity index (χ1) is 9.75. The van der Waals surface area contributed by atoms with Crippen LogP contribution < -0.4 is 5.32 Å². The lowest BCUT2D eigenvalue weighted by atomic mass is 10.1. The third-order valence-electron chi connectivity index (χ3n) is 3.18. The molecule has 0 radical (unpaired) electrons. The molecule has 4 nitrogen and oxygen atoms in total. The van der Waals surface area contributed by atoms with E-state index in [-0.39, 0.29) is 6.03 Å². The van der Waals surface area contributed by atoms with Gasteiger partial charge in [0.25, 0.3) is 0 Å². The van der Waals surface area contributed by atoms with Gasteiger partial charge in [-0.05, 0) is 37.3 Å². The molecular weight excluding hydrogens is 250 g/mol. The van der Waals surface area contributed by atoms with Crippen molar-refractivity contribution >= 4 is 6.03 Å². The molecule has 0 saturated heterocycles. The molecular formula is C16H21N3O. The molecule has 20 heavy (non-hydrogen) atoms. The van der Waals surface area contributed by atoms with Crippen molar-refractivity contribution < 1.29 is 4.79 Å². The molecule has 0 saturated carbocycles. The molecule has 0 unspecified atom stereocenters. The fourth-order valence-electron chi connectivity index (χ4n) is 2.08. The molecule has 2 rings (SSSR count). The van der Waals surface area contributed by atoms with Crippen LogP contribution in [-0.4, -0.2) is 22.4 Å². The summed E-state index contributed by atoms with van der Waals surface area (Å²) in [6.45, 7) is 2.62. The third-order valence-corrected chi connectivity index (χ3v) is 3.18. The summed E-state index contributed by atoms with van der Waals surface area (Å²) in [7, 11) is 0. The van der Waals surface area contributed by atoms with E-state index in [1.54, 1.807) is 12.4 Å². The highest BCUT2D eigenvalue weighted by Crippen LogP contribution is 2.05. The molecule has 0 atom stereocenters. The van der Waals surface area contributed by atoms with Crippen molar-refractivity contribution in [2.45, 2.75) is 32.6 Å². The molecule has 1 aromatic carbocycles. The van der Waals surface area contributed by atoms with E-state index in [1.165, 1.54) is 10.2 Å². The summed E-state index contributed by atoms with van der Waals surface area (Å²) in [5, 5.41) is 6.85. The van der Waals surface area contributed by atoms with Gasteiger partial charge in [0.05, 0.1) is 6.20 Å². The standard InChI is InChI=1S/C16H21N3O/c1-14-12-18-19(13-14)16(20)17-11-7-3-6-10-15-8-4-2-5-9-15/h2,4-5,8-9,12-13H,3,6-7,10-11H2,1H3,(H,17,20). The maximum absolute atomic E-state index is 11.7. The van der Waals surface area contributed by atoms with Crippen molar-refractivity contribution in [3.05, 3.63) is 53.9 Å². The molecule has 106 valence electrons. The average Bonchev–Trinajstić information content (AvgIpc) is 2.90. The molecule has 0 aliphatic rings. The SMILES string of the molecule is Cc1cnn(C(=O)NCCCCCc2ccccc2)c1. The number of hydrogen-bond donors (Lipinski definition) is 1. The van der Waals surface area contributed by atoms with Gasteiger partial charge in [0.15, 0.2) is 0 Å². The van der Waals surface area contributed by atoms with Crippen LogP contribution in [0.2, 0.25) is 0 Å². The minimum Gasteiger partial charge on any atom is -0.336 e. The number of carbonyl (C=O) groups is 1. The number of benzene rings is 1. The summed E-state index contributed by atoms with van der Waals surface area (Å²) in [5.74, 6) is 0. The fraction of sp³-hybridized carbons (Fsp3) is 0.375. The second-order valence-electron chi connectivity index (χ2n) is 4.99. The number of nitrogens with one attached hydrogen (secondary N) is 1. The lowest BCUT2D eigenvalue weighted by Gasteiger charge is -2.05. The van der Waals surface area contributed by atoms with Crippen LogP contribution in [0.25, 0.3) is 0 Å². The lowest BCUT2D eigenvalue weighted by Crippen LogP contribution is -2.29. The quantitative estimate of drug-likeness (QED) is 0.820. The fourth-order valence-corrected chi connectivity index (χ4v) is 2.08. The predicted molar refractivity (Wildman–Crippen MR) is 79.8 cm³/mol. The average molecular weight is 271 g/mol. The molecule has 1 aromatic heterocycles. The summed E-state index contributed by atoms with van der Waals surface area (Å²) in [4.78, 5) is 11.7. The van der Waals surface area contributed by atoms with E-state index in [9.17, 15) is 4.79 Å². The van der Waals surface area contributed by atoms with Gasteiger partial charge in [0, 0.05) is 12.7 Å². The number of aryl methyl sites for hydroxylation is 2. The van der Waals surface area contributed by atoms with E-state index in [0.717, 1.165) is 31.2 Å². The maximum Gasteiger partial charge on any atom is 0.342 e. The predicted octanol–water partition coefficient (Wildman–Crippen LogP) is 3.16. The van der Waals surface area contributed by atoms with Gasteiger partial charge < -0.3 is 5.32 Å². The number of hydrogen-bond acceptors (Lipinski definition) is 2. The highest BCUT2D eigenvalue weighted by atomic mass is 16.2. The van der Waals surface area contributed by atoms with Crippen LogP contribution in [-0.2, 0) is 6.42 Å². The second kappa shape index (κ2) is 7.48. The van der Waals surface area contributed by atoms with Crippen LogP contribution in [0.15, 0.2) is 42.7 Å². The normalized spacial score (nSPS) is 10.4. The van der Waals surface area contributed by atoms with E-state index in [0.29, 0.717) is 6.54 Å². The Labute approximate surface area is 119 Å². The highest BCUT2D eigenvalue weighted by molar-refractivity contribution is 5.75. The number of carbonyl (C=O) groups excluding carboxylic acids is 1. The maximum atomic E-state index is 11.7. The summed E-state index contributed by atoms with van der Waals surface area (Å²) in [5.41, 5.74) is 2.37. The minimum absolute atomic E-state index is 0.152. The van der Waals surface area contributed by atoms with Gasteiger partial charge in [-0.1, -0.05) is 36.8 Å². The van der Waals surface area contributed by atoms with E-state index in [4.69, 9.17) is 0 Å². The lowest BCUT2D eigenvalue weighted by molar-refractivity contribution is 0.239. The largest absolute Gasteiger partial charge is 0.342 e. The monoisotopic (exact) mass is 271 g/mol. The second-order valence-corrected chi connectivity index (χ2v) is 4.99. The Kier molecular flexibility index (Phi) is 5.35. The third kappa shape index (κ3) is 4.53. The topological polar surface area (TPSA) is 46.9 Å². The first-order valence-corrected chi connectivity index (χ1v) is 7.09. The van der Waals surface area contributed by atoms with Crippen LogP contribution in [0, 0.1) is 6.92 Å². The van der Waals surface area contributed by atoms with Gasteiger partial charge in [-0.2, -0.15) is 9.78 Å². The van der Waals surface area contributed by atoms with Gasteiger partial charge in [-0.15, -0.1) is 0 Å². The Balaban J connectivity index is 1.57. The molecule has 0 spiro atoms. The Hall–Kier alpha value is -2.10. The van der Waals surface area contributed by atoms with Crippen molar-refractivity contribution in [2.75, 3.05) is 6.54 Å². The van der Waals surface area contributed by atoms with E-state index in [2.05, 4.69) is 34.7 Å². The summed E-state index contributed by atoms with van der Waals surface area (Å²) >= 11 is 0. The molecule has 2 aromatic rings. The number of nitrogens with zero attached hydrogens (tertiary/aromatic N) is 2. The van der Waals surface area contributed by atoms with Crippen molar-refractivity contribution in [1.29, 1.82) is 0 Å². The zero-order chi connectivity index (χ0) is 14.2. The molecule has 0 aliphatic heterocycles. The first kappa shape index (κ1) is 14.3. The summed E-state index contributed by atoms with van der Waals surface area (Å²) < 4.78 is 1.35. The number of amides is 1.